The lowest BCUT2D eigenvalue weighted by Crippen LogP contribution is -2.31. The van der Waals surface area contributed by atoms with E-state index in [2.05, 4.69) is 5.16 Å². The molecule has 0 unspecified atom stereocenters. The molecule has 5 nitrogen and oxygen atoms in total. The maximum absolute atomic E-state index is 12.1. The fourth-order valence-electron chi connectivity index (χ4n) is 1.74. The molecular weight excluding hydrogens is 237 g/mol. The van der Waals surface area contributed by atoms with Crippen LogP contribution in [0.3, 0.4) is 0 Å². The zero-order valence-corrected chi connectivity index (χ0v) is 10.4. The molecule has 18 heavy (non-hydrogen) atoms. The van der Waals surface area contributed by atoms with Crippen LogP contribution in [0.15, 0.2) is 22.1 Å². The first kappa shape index (κ1) is 14.2. The summed E-state index contributed by atoms with van der Waals surface area (Å²) >= 11 is 0. The monoisotopic (exact) mass is 255 g/mol. The van der Waals surface area contributed by atoms with E-state index in [4.69, 9.17) is 10.9 Å². The first-order chi connectivity index (χ1) is 8.61. The molecule has 0 aliphatic carbocycles. The van der Waals surface area contributed by atoms with E-state index >= 15 is 0 Å². The van der Waals surface area contributed by atoms with Crippen molar-refractivity contribution in [3.05, 3.63) is 33.7 Å². The summed E-state index contributed by atoms with van der Waals surface area (Å²) < 4.78 is 13.5. The number of nitrogens with zero attached hydrogens (tertiary/aromatic N) is 2. The van der Waals surface area contributed by atoms with E-state index in [0.717, 1.165) is 18.5 Å². The van der Waals surface area contributed by atoms with Crippen LogP contribution in [0.4, 0.5) is 4.39 Å². The van der Waals surface area contributed by atoms with Crippen LogP contribution in [0.25, 0.3) is 0 Å². The van der Waals surface area contributed by atoms with Crippen molar-refractivity contribution in [2.45, 2.75) is 32.7 Å². The summed E-state index contributed by atoms with van der Waals surface area (Å²) in [5.41, 5.74) is 6.12. The summed E-state index contributed by atoms with van der Waals surface area (Å²) in [5.74, 6) is -0.197. The number of rotatable bonds is 6. The Hall–Kier alpha value is -1.85. The Morgan fingerprint density at radius 1 is 1.44 bits per heavy atom. The lowest BCUT2D eigenvalue weighted by Gasteiger charge is -2.11. The highest BCUT2D eigenvalue weighted by Gasteiger charge is 2.09. The fourth-order valence-corrected chi connectivity index (χ4v) is 1.74. The number of alkyl halides is 1. The molecule has 0 spiro atoms. The van der Waals surface area contributed by atoms with Crippen molar-refractivity contribution in [2.24, 2.45) is 10.9 Å². The highest BCUT2D eigenvalue weighted by Crippen LogP contribution is 2.03. The Morgan fingerprint density at radius 2 is 2.17 bits per heavy atom. The highest BCUT2D eigenvalue weighted by atomic mass is 19.1. The molecule has 100 valence electrons. The SMILES string of the molecule is Cc1ccc(/C(N)=N/O)c(=O)n1CCCCCF. The number of pyridine rings is 1. The average molecular weight is 255 g/mol. The second-order valence-corrected chi connectivity index (χ2v) is 4.08. The summed E-state index contributed by atoms with van der Waals surface area (Å²) in [6.45, 7) is 1.99. The van der Waals surface area contributed by atoms with Gasteiger partial charge in [-0.15, -0.1) is 0 Å². The summed E-state index contributed by atoms with van der Waals surface area (Å²) in [6, 6.07) is 3.27. The third-order valence-electron chi connectivity index (χ3n) is 2.79. The van der Waals surface area contributed by atoms with Crippen molar-refractivity contribution in [2.75, 3.05) is 6.67 Å². The molecule has 1 aromatic rings. The van der Waals surface area contributed by atoms with Gasteiger partial charge in [-0.05, 0) is 38.3 Å². The number of oxime groups is 1. The van der Waals surface area contributed by atoms with Crippen molar-refractivity contribution in [1.29, 1.82) is 0 Å². The summed E-state index contributed by atoms with van der Waals surface area (Å²) in [5, 5.41) is 11.4. The molecule has 0 amide bonds. The van der Waals surface area contributed by atoms with E-state index in [-0.39, 0.29) is 23.6 Å². The lowest BCUT2D eigenvalue weighted by molar-refractivity contribution is 0.318. The minimum absolute atomic E-state index is 0.175. The van der Waals surface area contributed by atoms with E-state index in [9.17, 15) is 9.18 Å². The smallest absolute Gasteiger partial charge is 0.261 e. The average Bonchev–Trinajstić information content (AvgIpc) is 2.37. The summed E-state index contributed by atoms with van der Waals surface area (Å²) in [6.07, 6.45) is 1.97. The number of nitrogens with two attached hydrogens (primary N) is 1. The van der Waals surface area contributed by atoms with Gasteiger partial charge in [-0.2, -0.15) is 0 Å². The third kappa shape index (κ3) is 3.32. The molecule has 0 fully saturated rings. The van der Waals surface area contributed by atoms with Gasteiger partial charge in [0.1, 0.15) is 0 Å². The second kappa shape index (κ2) is 6.78. The van der Waals surface area contributed by atoms with Crippen LogP contribution in [0.1, 0.15) is 30.5 Å². The number of unbranched alkanes of at least 4 members (excludes halogenated alkanes) is 2. The molecule has 1 rings (SSSR count). The number of aromatic nitrogens is 1. The van der Waals surface area contributed by atoms with Gasteiger partial charge >= 0.3 is 0 Å². The molecule has 0 aliphatic rings. The Labute approximate surface area is 105 Å². The second-order valence-electron chi connectivity index (χ2n) is 4.08. The first-order valence-corrected chi connectivity index (χ1v) is 5.86. The topological polar surface area (TPSA) is 80.6 Å². The van der Waals surface area contributed by atoms with E-state index < -0.39 is 0 Å². The molecule has 0 saturated carbocycles. The molecule has 0 radical (unpaired) electrons. The van der Waals surface area contributed by atoms with Crippen molar-refractivity contribution in [3.8, 4) is 0 Å². The zero-order chi connectivity index (χ0) is 13.5. The van der Waals surface area contributed by atoms with Crippen LogP contribution < -0.4 is 11.3 Å². The van der Waals surface area contributed by atoms with Crippen LogP contribution in [0, 0.1) is 6.92 Å². The molecule has 1 heterocycles. The number of amidine groups is 1. The predicted molar refractivity (Wildman–Crippen MR) is 67.8 cm³/mol. The molecule has 0 saturated heterocycles. The van der Waals surface area contributed by atoms with Gasteiger partial charge in [-0.1, -0.05) is 5.16 Å². The molecule has 0 aromatic carbocycles. The van der Waals surface area contributed by atoms with Gasteiger partial charge in [0.05, 0.1) is 12.2 Å². The Morgan fingerprint density at radius 3 is 2.78 bits per heavy atom. The lowest BCUT2D eigenvalue weighted by atomic mass is 10.2. The van der Waals surface area contributed by atoms with Crippen LogP contribution in [0.2, 0.25) is 0 Å². The van der Waals surface area contributed by atoms with E-state index in [1.807, 2.05) is 6.92 Å². The Bertz CT molecular complexity index is 483. The maximum atomic E-state index is 12.1. The quantitative estimate of drug-likeness (QED) is 0.265. The van der Waals surface area contributed by atoms with E-state index in [1.54, 1.807) is 10.6 Å². The van der Waals surface area contributed by atoms with Crippen LogP contribution in [-0.4, -0.2) is 22.3 Å². The van der Waals surface area contributed by atoms with Gasteiger partial charge in [0, 0.05) is 12.2 Å². The van der Waals surface area contributed by atoms with Crippen molar-refractivity contribution in [1.82, 2.24) is 4.57 Å². The molecule has 3 N–H and O–H groups in total. The van der Waals surface area contributed by atoms with Crippen molar-refractivity contribution in [3.63, 3.8) is 0 Å². The van der Waals surface area contributed by atoms with Crippen LogP contribution in [0.5, 0.6) is 0 Å². The summed E-state index contributed by atoms with van der Waals surface area (Å²) in [7, 11) is 0. The molecule has 0 atom stereocenters. The highest BCUT2D eigenvalue weighted by molar-refractivity contribution is 5.96. The van der Waals surface area contributed by atoms with Crippen LogP contribution >= 0.6 is 0 Å². The van der Waals surface area contributed by atoms with Crippen LogP contribution in [-0.2, 0) is 6.54 Å². The molecular formula is C12H18FN3O2. The third-order valence-corrected chi connectivity index (χ3v) is 2.79. The van der Waals surface area contributed by atoms with Crippen molar-refractivity contribution < 1.29 is 9.60 Å². The minimum Gasteiger partial charge on any atom is -0.409 e. The molecule has 0 aliphatic heterocycles. The van der Waals surface area contributed by atoms with Gasteiger partial charge in [-0.25, -0.2) is 0 Å². The fraction of sp³-hybridized carbons (Fsp3) is 0.500. The zero-order valence-electron chi connectivity index (χ0n) is 10.4. The standard InChI is InChI=1S/C12H18FN3O2/c1-9-5-6-10(11(14)15-18)12(17)16(9)8-4-2-3-7-13/h5-6,18H,2-4,7-8H2,1H3,(H2,14,15). The van der Waals surface area contributed by atoms with Gasteiger partial charge in [0.25, 0.3) is 5.56 Å². The largest absolute Gasteiger partial charge is 0.409 e. The number of hydrogen-bond donors (Lipinski definition) is 2. The maximum Gasteiger partial charge on any atom is 0.261 e. The molecule has 6 heteroatoms. The van der Waals surface area contributed by atoms with Gasteiger partial charge in [0.15, 0.2) is 5.84 Å². The Kier molecular flexibility index (Phi) is 5.35. The van der Waals surface area contributed by atoms with E-state index in [1.165, 1.54) is 6.07 Å². The predicted octanol–water partition coefficient (Wildman–Crippen LogP) is 1.39. The van der Waals surface area contributed by atoms with Gasteiger partial charge in [0.2, 0.25) is 0 Å². The van der Waals surface area contributed by atoms with E-state index in [0.29, 0.717) is 13.0 Å². The number of aryl methyl sites for hydroxylation is 1. The number of hydrogen-bond acceptors (Lipinski definition) is 3. The van der Waals surface area contributed by atoms with Gasteiger partial charge in [-0.3, -0.25) is 9.18 Å². The summed E-state index contributed by atoms with van der Waals surface area (Å²) in [4.78, 5) is 12.1. The van der Waals surface area contributed by atoms with Gasteiger partial charge < -0.3 is 15.5 Å². The number of halogens is 1. The Balaban J connectivity index is 2.93. The normalized spacial score (nSPS) is 11.8. The molecule has 0 bridgehead atoms. The first-order valence-electron chi connectivity index (χ1n) is 5.86. The molecule has 1 aromatic heterocycles. The van der Waals surface area contributed by atoms with Crippen molar-refractivity contribution >= 4 is 5.84 Å². The minimum atomic E-state index is -0.335.